The van der Waals surface area contributed by atoms with Gasteiger partial charge in [-0.05, 0) is 25.8 Å². The third kappa shape index (κ3) is 4.41. The molecule has 1 aliphatic heterocycles. The molecule has 1 heterocycles. The SMILES string of the molecule is Cc1cccc(CNC(C)CC2COCCN2)c1. The Morgan fingerprint density at radius 2 is 2.39 bits per heavy atom. The first-order chi connectivity index (χ1) is 8.74. The van der Waals surface area contributed by atoms with Gasteiger partial charge in [-0.15, -0.1) is 0 Å². The number of ether oxygens (including phenoxy) is 1. The Morgan fingerprint density at radius 3 is 3.11 bits per heavy atom. The normalized spacial score (nSPS) is 21.8. The van der Waals surface area contributed by atoms with Crippen molar-refractivity contribution in [3.63, 3.8) is 0 Å². The predicted octanol–water partition coefficient (Wildman–Crippen LogP) is 1.85. The molecule has 1 aromatic carbocycles. The molecule has 1 fully saturated rings. The van der Waals surface area contributed by atoms with Gasteiger partial charge in [0.2, 0.25) is 0 Å². The Labute approximate surface area is 110 Å². The number of rotatable bonds is 5. The minimum absolute atomic E-state index is 0.499. The van der Waals surface area contributed by atoms with Crippen LogP contribution >= 0.6 is 0 Å². The summed E-state index contributed by atoms with van der Waals surface area (Å²) in [5.74, 6) is 0. The fraction of sp³-hybridized carbons (Fsp3) is 0.600. The van der Waals surface area contributed by atoms with Crippen LogP contribution in [0.15, 0.2) is 24.3 Å². The Kier molecular flexibility index (Phi) is 5.17. The monoisotopic (exact) mass is 248 g/mol. The van der Waals surface area contributed by atoms with Gasteiger partial charge >= 0.3 is 0 Å². The van der Waals surface area contributed by atoms with Crippen LogP contribution in [0.5, 0.6) is 0 Å². The Balaban J connectivity index is 1.72. The highest BCUT2D eigenvalue weighted by Crippen LogP contribution is 2.06. The summed E-state index contributed by atoms with van der Waals surface area (Å²) in [5, 5.41) is 7.07. The molecule has 18 heavy (non-hydrogen) atoms. The van der Waals surface area contributed by atoms with Crippen molar-refractivity contribution in [1.29, 1.82) is 0 Å². The molecule has 0 amide bonds. The van der Waals surface area contributed by atoms with E-state index in [2.05, 4.69) is 48.7 Å². The van der Waals surface area contributed by atoms with Crippen LogP contribution in [0.25, 0.3) is 0 Å². The summed E-state index contributed by atoms with van der Waals surface area (Å²) in [6.45, 7) is 7.99. The van der Waals surface area contributed by atoms with E-state index >= 15 is 0 Å². The van der Waals surface area contributed by atoms with E-state index in [1.54, 1.807) is 0 Å². The van der Waals surface area contributed by atoms with Crippen LogP contribution in [-0.4, -0.2) is 31.8 Å². The Bertz CT molecular complexity index is 361. The standard InChI is InChI=1S/C15H24N2O/c1-12-4-3-5-14(8-12)10-17-13(2)9-15-11-18-7-6-16-15/h3-5,8,13,15-17H,6-7,9-11H2,1-2H3. The lowest BCUT2D eigenvalue weighted by Gasteiger charge is -2.26. The fourth-order valence-corrected chi connectivity index (χ4v) is 2.40. The minimum atomic E-state index is 0.499. The summed E-state index contributed by atoms with van der Waals surface area (Å²) < 4.78 is 5.47. The second kappa shape index (κ2) is 6.88. The zero-order valence-corrected chi connectivity index (χ0v) is 11.4. The number of benzene rings is 1. The van der Waals surface area contributed by atoms with E-state index < -0.39 is 0 Å². The molecule has 2 N–H and O–H groups in total. The van der Waals surface area contributed by atoms with Crippen molar-refractivity contribution in [3.8, 4) is 0 Å². The molecule has 2 atom stereocenters. The molecule has 0 spiro atoms. The molecule has 1 aliphatic rings. The highest BCUT2D eigenvalue weighted by molar-refractivity contribution is 5.21. The van der Waals surface area contributed by atoms with E-state index in [0.29, 0.717) is 12.1 Å². The first-order valence-electron chi connectivity index (χ1n) is 6.84. The molecule has 0 aromatic heterocycles. The molecule has 1 saturated heterocycles. The van der Waals surface area contributed by atoms with E-state index in [0.717, 1.165) is 32.7 Å². The summed E-state index contributed by atoms with van der Waals surface area (Å²) in [5.41, 5.74) is 2.68. The number of hydrogen-bond acceptors (Lipinski definition) is 3. The van der Waals surface area contributed by atoms with Crippen molar-refractivity contribution in [3.05, 3.63) is 35.4 Å². The van der Waals surface area contributed by atoms with Crippen LogP contribution in [0.3, 0.4) is 0 Å². The maximum Gasteiger partial charge on any atom is 0.0620 e. The van der Waals surface area contributed by atoms with Crippen molar-refractivity contribution >= 4 is 0 Å². The first kappa shape index (κ1) is 13.5. The summed E-state index contributed by atoms with van der Waals surface area (Å²) >= 11 is 0. The number of hydrogen-bond donors (Lipinski definition) is 2. The average Bonchev–Trinajstić information content (AvgIpc) is 2.38. The van der Waals surface area contributed by atoms with E-state index in [4.69, 9.17) is 4.74 Å². The molecular weight excluding hydrogens is 224 g/mol. The zero-order valence-electron chi connectivity index (χ0n) is 11.4. The molecule has 3 heteroatoms. The molecule has 0 aliphatic carbocycles. The van der Waals surface area contributed by atoms with E-state index in [1.165, 1.54) is 11.1 Å². The average molecular weight is 248 g/mol. The van der Waals surface area contributed by atoms with Gasteiger partial charge in [0.15, 0.2) is 0 Å². The van der Waals surface area contributed by atoms with Gasteiger partial charge in [-0.1, -0.05) is 29.8 Å². The number of morpholine rings is 1. The number of aryl methyl sites for hydroxylation is 1. The third-order valence-electron chi connectivity index (χ3n) is 3.37. The van der Waals surface area contributed by atoms with E-state index in [9.17, 15) is 0 Å². The first-order valence-corrected chi connectivity index (χ1v) is 6.84. The summed E-state index contributed by atoms with van der Waals surface area (Å²) in [4.78, 5) is 0. The second-order valence-electron chi connectivity index (χ2n) is 5.23. The zero-order chi connectivity index (χ0) is 12.8. The van der Waals surface area contributed by atoms with Gasteiger partial charge in [-0.25, -0.2) is 0 Å². The van der Waals surface area contributed by atoms with Crippen LogP contribution in [-0.2, 0) is 11.3 Å². The van der Waals surface area contributed by atoms with Gasteiger partial charge in [0, 0.05) is 25.2 Å². The molecule has 0 bridgehead atoms. The van der Waals surface area contributed by atoms with Gasteiger partial charge in [0.1, 0.15) is 0 Å². The quantitative estimate of drug-likeness (QED) is 0.834. The molecule has 2 unspecified atom stereocenters. The van der Waals surface area contributed by atoms with Crippen molar-refractivity contribution in [2.75, 3.05) is 19.8 Å². The molecule has 0 radical (unpaired) electrons. The molecule has 100 valence electrons. The summed E-state index contributed by atoms with van der Waals surface area (Å²) in [6.07, 6.45) is 1.12. The highest BCUT2D eigenvalue weighted by atomic mass is 16.5. The van der Waals surface area contributed by atoms with Gasteiger partial charge in [0.25, 0.3) is 0 Å². The summed E-state index contributed by atoms with van der Waals surface area (Å²) in [6, 6.07) is 9.67. The van der Waals surface area contributed by atoms with Gasteiger partial charge in [-0.2, -0.15) is 0 Å². The molecule has 2 rings (SSSR count). The lowest BCUT2D eigenvalue weighted by atomic mass is 10.1. The predicted molar refractivity (Wildman–Crippen MR) is 74.7 cm³/mol. The van der Waals surface area contributed by atoms with Crippen LogP contribution in [0.4, 0.5) is 0 Å². The Morgan fingerprint density at radius 1 is 1.50 bits per heavy atom. The van der Waals surface area contributed by atoms with Crippen LogP contribution in [0.1, 0.15) is 24.5 Å². The fourth-order valence-electron chi connectivity index (χ4n) is 2.40. The highest BCUT2D eigenvalue weighted by Gasteiger charge is 2.15. The van der Waals surface area contributed by atoms with Crippen molar-refractivity contribution in [2.45, 2.75) is 38.9 Å². The van der Waals surface area contributed by atoms with Crippen LogP contribution in [0.2, 0.25) is 0 Å². The molecule has 3 nitrogen and oxygen atoms in total. The van der Waals surface area contributed by atoms with Crippen molar-refractivity contribution in [1.82, 2.24) is 10.6 Å². The minimum Gasteiger partial charge on any atom is -0.379 e. The van der Waals surface area contributed by atoms with E-state index in [1.807, 2.05) is 0 Å². The maximum absolute atomic E-state index is 5.47. The summed E-state index contributed by atoms with van der Waals surface area (Å²) in [7, 11) is 0. The van der Waals surface area contributed by atoms with Gasteiger partial charge in [-0.3, -0.25) is 0 Å². The third-order valence-corrected chi connectivity index (χ3v) is 3.37. The lowest BCUT2D eigenvalue weighted by Crippen LogP contribution is -2.44. The van der Waals surface area contributed by atoms with Crippen LogP contribution < -0.4 is 10.6 Å². The van der Waals surface area contributed by atoms with Crippen LogP contribution in [0, 0.1) is 6.92 Å². The van der Waals surface area contributed by atoms with Gasteiger partial charge < -0.3 is 15.4 Å². The second-order valence-corrected chi connectivity index (χ2v) is 5.23. The maximum atomic E-state index is 5.47. The smallest absolute Gasteiger partial charge is 0.0620 e. The van der Waals surface area contributed by atoms with Gasteiger partial charge in [0.05, 0.1) is 13.2 Å². The molecule has 1 aromatic rings. The topological polar surface area (TPSA) is 33.3 Å². The lowest BCUT2D eigenvalue weighted by molar-refractivity contribution is 0.0712. The van der Waals surface area contributed by atoms with E-state index in [-0.39, 0.29) is 0 Å². The Hall–Kier alpha value is -0.900. The van der Waals surface area contributed by atoms with Crippen molar-refractivity contribution < 1.29 is 4.74 Å². The number of nitrogens with one attached hydrogen (secondary N) is 2. The largest absolute Gasteiger partial charge is 0.379 e. The molecular formula is C15H24N2O. The van der Waals surface area contributed by atoms with Crippen molar-refractivity contribution in [2.24, 2.45) is 0 Å². The molecule has 0 saturated carbocycles.